The third kappa shape index (κ3) is 2.06. The Labute approximate surface area is 72.5 Å². The summed E-state index contributed by atoms with van der Waals surface area (Å²) in [5, 5.41) is 18.0. The van der Waals surface area contributed by atoms with E-state index < -0.39 is 6.10 Å². The fraction of sp³-hybridized carbons (Fsp3) is 0.400. The van der Waals surface area contributed by atoms with Gasteiger partial charge in [0, 0.05) is 0 Å². The first kappa shape index (κ1) is 9.23. The number of benzene rings is 1. The van der Waals surface area contributed by atoms with Crippen LogP contribution in [0.15, 0.2) is 24.3 Å². The van der Waals surface area contributed by atoms with Crippen molar-refractivity contribution >= 4 is 0 Å². The molecule has 0 fully saturated rings. The number of hydrogen-bond donors (Lipinski definition) is 2. The molecule has 0 heterocycles. The van der Waals surface area contributed by atoms with Gasteiger partial charge in [0.25, 0.3) is 0 Å². The predicted molar refractivity (Wildman–Crippen MR) is 47.9 cm³/mol. The van der Waals surface area contributed by atoms with Crippen molar-refractivity contribution in [2.75, 3.05) is 6.61 Å². The Hall–Kier alpha value is -0.860. The van der Waals surface area contributed by atoms with Gasteiger partial charge >= 0.3 is 0 Å². The van der Waals surface area contributed by atoms with Gasteiger partial charge in [0.2, 0.25) is 0 Å². The van der Waals surface area contributed by atoms with Gasteiger partial charge in [0.15, 0.2) is 0 Å². The summed E-state index contributed by atoms with van der Waals surface area (Å²) in [5.41, 5.74) is 1.97. The molecule has 0 amide bonds. The molecule has 1 atom stereocenters. The second-order valence-electron chi connectivity index (χ2n) is 2.80. The Morgan fingerprint density at radius 2 is 2.17 bits per heavy atom. The second-order valence-corrected chi connectivity index (χ2v) is 2.80. The van der Waals surface area contributed by atoms with E-state index in [9.17, 15) is 5.11 Å². The van der Waals surface area contributed by atoms with Crippen LogP contribution in [-0.2, 0) is 6.42 Å². The van der Waals surface area contributed by atoms with Gasteiger partial charge in [-0.3, -0.25) is 0 Å². The van der Waals surface area contributed by atoms with E-state index in [0.717, 1.165) is 12.0 Å². The van der Waals surface area contributed by atoms with Crippen molar-refractivity contribution in [2.45, 2.75) is 19.4 Å². The highest BCUT2D eigenvalue weighted by molar-refractivity contribution is 5.25. The smallest absolute Gasteiger partial charge is 0.102 e. The Morgan fingerprint density at radius 3 is 2.75 bits per heavy atom. The van der Waals surface area contributed by atoms with Crippen molar-refractivity contribution in [3.05, 3.63) is 35.4 Å². The third-order valence-electron chi connectivity index (χ3n) is 1.92. The lowest BCUT2D eigenvalue weighted by molar-refractivity contribution is 0.0955. The minimum absolute atomic E-state index is 0.215. The van der Waals surface area contributed by atoms with E-state index in [2.05, 4.69) is 6.92 Å². The number of hydrogen-bond acceptors (Lipinski definition) is 2. The fourth-order valence-corrected chi connectivity index (χ4v) is 1.13. The minimum atomic E-state index is -0.739. The fourth-order valence-electron chi connectivity index (χ4n) is 1.13. The number of aryl methyl sites for hydroxylation is 1. The van der Waals surface area contributed by atoms with E-state index in [-0.39, 0.29) is 6.61 Å². The monoisotopic (exact) mass is 166 g/mol. The molecule has 66 valence electrons. The maximum atomic E-state index is 9.30. The van der Waals surface area contributed by atoms with Crippen LogP contribution in [0.25, 0.3) is 0 Å². The van der Waals surface area contributed by atoms with E-state index in [0.29, 0.717) is 0 Å². The van der Waals surface area contributed by atoms with Gasteiger partial charge in [0.05, 0.1) is 6.61 Å². The first-order valence-corrected chi connectivity index (χ1v) is 4.15. The number of rotatable bonds is 3. The molecule has 2 N–H and O–H groups in total. The lowest BCUT2D eigenvalue weighted by atomic mass is 10.1. The van der Waals surface area contributed by atoms with Crippen LogP contribution in [0.4, 0.5) is 0 Å². The summed E-state index contributed by atoms with van der Waals surface area (Å²) < 4.78 is 0. The molecule has 1 aromatic rings. The van der Waals surface area contributed by atoms with E-state index in [1.807, 2.05) is 24.3 Å². The molecule has 0 radical (unpaired) electrons. The minimum Gasteiger partial charge on any atom is -0.393 e. The van der Waals surface area contributed by atoms with Crippen LogP contribution in [0.5, 0.6) is 0 Å². The SMILES string of the molecule is CCc1cccc([C@@H](O)CO)c1. The Kier molecular flexibility index (Phi) is 3.26. The van der Waals surface area contributed by atoms with Crippen molar-refractivity contribution in [2.24, 2.45) is 0 Å². The van der Waals surface area contributed by atoms with Crippen molar-refractivity contribution in [3.8, 4) is 0 Å². The quantitative estimate of drug-likeness (QED) is 0.710. The first-order chi connectivity index (χ1) is 5.77. The summed E-state index contributed by atoms with van der Waals surface area (Å²) in [7, 11) is 0. The van der Waals surface area contributed by atoms with Crippen molar-refractivity contribution in [3.63, 3.8) is 0 Å². The van der Waals surface area contributed by atoms with Crippen molar-refractivity contribution < 1.29 is 10.2 Å². The van der Waals surface area contributed by atoms with Crippen LogP contribution < -0.4 is 0 Å². The van der Waals surface area contributed by atoms with Crippen LogP contribution in [0.1, 0.15) is 24.2 Å². The van der Waals surface area contributed by atoms with Crippen LogP contribution in [0, 0.1) is 0 Å². The molecule has 0 aliphatic carbocycles. The highest BCUT2D eigenvalue weighted by Gasteiger charge is 2.04. The highest BCUT2D eigenvalue weighted by atomic mass is 16.3. The average Bonchev–Trinajstić information content (AvgIpc) is 2.17. The summed E-state index contributed by atoms with van der Waals surface area (Å²) in [6.45, 7) is 1.84. The van der Waals surface area contributed by atoms with Crippen molar-refractivity contribution in [1.29, 1.82) is 0 Å². The summed E-state index contributed by atoms with van der Waals surface area (Å²) in [6.07, 6.45) is 0.211. The lowest BCUT2D eigenvalue weighted by Gasteiger charge is -2.08. The standard InChI is InChI=1S/C10H14O2/c1-2-8-4-3-5-9(6-8)10(12)7-11/h3-6,10-12H,2,7H2,1H3/t10-/m0/s1. The summed E-state index contributed by atoms with van der Waals surface area (Å²) in [6, 6.07) is 7.64. The van der Waals surface area contributed by atoms with Gasteiger partial charge in [-0.05, 0) is 17.5 Å². The zero-order valence-electron chi connectivity index (χ0n) is 7.20. The molecular formula is C10H14O2. The molecule has 1 aromatic carbocycles. The second kappa shape index (κ2) is 4.24. The molecule has 2 nitrogen and oxygen atoms in total. The topological polar surface area (TPSA) is 40.5 Å². The van der Waals surface area contributed by atoms with E-state index in [1.54, 1.807) is 0 Å². The van der Waals surface area contributed by atoms with Gasteiger partial charge < -0.3 is 10.2 Å². The Balaban J connectivity index is 2.86. The Morgan fingerprint density at radius 1 is 1.42 bits per heavy atom. The van der Waals surface area contributed by atoms with Gasteiger partial charge in [-0.2, -0.15) is 0 Å². The molecule has 12 heavy (non-hydrogen) atoms. The van der Waals surface area contributed by atoms with Gasteiger partial charge in [-0.25, -0.2) is 0 Å². The number of aliphatic hydroxyl groups is 2. The highest BCUT2D eigenvalue weighted by Crippen LogP contribution is 2.13. The van der Waals surface area contributed by atoms with E-state index >= 15 is 0 Å². The van der Waals surface area contributed by atoms with Gasteiger partial charge in [-0.1, -0.05) is 31.2 Å². The van der Waals surface area contributed by atoms with Crippen LogP contribution in [0.3, 0.4) is 0 Å². The lowest BCUT2D eigenvalue weighted by Crippen LogP contribution is -2.02. The molecule has 0 aliphatic heterocycles. The maximum absolute atomic E-state index is 9.30. The van der Waals surface area contributed by atoms with Crippen LogP contribution in [0.2, 0.25) is 0 Å². The molecule has 0 spiro atoms. The number of aliphatic hydroxyl groups excluding tert-OH is 2. The first-order valence-electron chi connectivity index (χ1n) is 4.15. The van der Waals surface area contributed by atoms with E-state index in [4.69, 9.17) is 5.11 Å². The third-order valence-corrected chi connectivity index (χ3v) is 1.92. The van der Waals surface area contributed by atoms with Crippen molar-refractivity contribution in [1.82, 2.24) is 0 Å². The largest absolute Gasteiger partial charge is 0.393 e. The normalized spacial score (nSPS) is 12.9. The molecule has 0 aromatic heterocycles. The van der Waals surface area contributed by atoms with E-state index in [1.165, 1.54) is 5.56 Å². The van der Waals surface area contributed by atoms with Crippen LogP contribution >= 0.6 is 0 Å². The molecule has 0 saturated carbocycles. The Bertz CT molecular complexity index is 245. The molecule has 0 bridgehead atoms. The van der Waals surface area contributed by atoms with Crippen LogP contribution in [-0.4, -0.2) is 16.8 Å². The van der Waals surface area contributed by atoms with Gasteiger partial charge in [-0.15, -0.1) is 0 Å². The average molecular weight is 166 g/mol. The molecular weight excluding hydrogens is 152 g/mol. The molecule has 0 saturated heterocycles. The maximum Gasteiger partial charge on any atom is 0.102 e. The summed E-state index contributed by atoms with van der Waals surface area (Å²) >= 11 is 0. The molecule has 0 unspecified atom stereocenters. The summed E-state index contributed by atoms with van der Waals surface area (Å²) in [5.74, 6) is 0. The molecule has 0 aliphatic rings. The zero-order valence-corrected chi connectivity index (χ0v) is 7.20. The zero-order chi connectivity index (χ0) is 8.97. The summed E-state index contributed by atoms with van der Waals surface area (Å²) in [4.78, 5) is 0. The molecule has 2 heteroatoms. The predicted octanol–water partition coefficient (Wildman–Crippen LogP) is 1.27. The van der Waals surface area contributed by atoms with Gasteiger partial charge in [0.1, 0.15) is 6.10 Å². The molecule has 1 rings (SSSR count).